The van der Waals surface area contributed by atoms with Crippen molar-refractivity contribution in [3.05, 3.63) is 0 Å². The molecule has 11 atom stereocenters. The number of carbonyl (C=O) groups excluding carboxylic acids is 1. The molecule has 188 valence electrons. The van der Waals surface area contributed by atoms with Crippen molar-refractivity contribution in [1.82, 2.24) is 5.32 Å². The van der Waals surface area contributed by atoms with Crippen molar-refractivity contribution in [2.24, 2.45) is 46.3 Å². The molecule has 0 spiro atoms. The minimum atomic E-state index is -1.04. The molecule has 0 aromatic carbocycles. The Morgan fingerprint density at radius 2 is 1.76 bits per heavy atom. The van der Waals surface area contributed by atoms with Crippen molar-refractivity contribution in [3.8, 4) is 0 Å². The van der Waals surface area contributed by atoms with Gasteiger partial charge in [0.2, 0.25) is 5.91 Å². The molecule has 0 unspecified atom stereocenters. The number of fused-ring (bicyclic) bond motifs is 5. The van der Waals surface area contributed by atoms with Gasteiger partial charge in [-0.15, -0.1) is 0 Å². The van der Waals surface area contributed by atoms with Gasteiger partial charge in [-0.2, -0.15) is 0 Å². The number of carboxylic acid groups (broad SMARTS) is 1. The summed E-state index contributed by atoms with van der Waals surface area (Å²) in [5, 5.41) is 44.4. The first-order chi connectivity index (χ1) is 15.5. The minimum Gasteiger partial charge on any atom is -0.480 e. The van der Waals surface area contributed by atoms with Gasteiger partial charge in [0.05, 0.1) is 18.3 Å². The summed E-state index contributed by atoms with van der Waals surface area (Å²) in [6, 6.07) is 0. The summed E-state index contributed by atoms with van der Waals surface area (Å²) < 4.78 is 0. The molecule has 0 aromatic rings. The molecular formula is C26H43NO6. The van der Waals surface area contributed by atoms with E-state index >= 15 is 0 Å². The zero-order valence-electron chi connectivity index (χ0n) is 20.4. The first kappa shape index (κ1) is 24.9. The van der Waals surface area contributed by atoms with Crippen LogP contribution < -0.4 is 5.32 Å². The van der Waals surface area contributed by atoms with Crippen LogP contribution in [0.1, 0.15) is 78.6 Å². The maximum atomic E-state index is 12.0. The van der Waals surface area contributed by atoms with Gasteiger partial charge < -0.3 is 25.7 Å². The lowest BCUT2D eigenvalue weighted by molar-refractivity contribution is -0.207. The molecule has 7 heteroatoms. The number of aliphatic hydroxyl groups excluding tert-OH is 3. The first-order valence-corrected chi connectivity index (χ1v) is 13.0. The second kappa shape index (κ2) is 9.12. The van der Waals surface area contributed by atoms with E-state index in [2.05, 4.69) is 26.1 Å². The predicted octanol–water partition coefficient (Wildman–Crippen LogP) is 2.56. The number of amides is 1. The van der Waals surface area contributed by atoms with Crippen LogP contribution in [0.2, 0.25) is 0 Å². The van der Waals surface area contributed by atoms with Gasteiger partial charge in [-0.1, -0.05) is 20.8 Å². The Hall–Kier alpha value is -1.18. The molecule has 1 amide bonds. The van der Waals surface area contributed by atoms with Crippen molar-refractivity contribution < 1.29 is 30.0 Å². The van der Waals surface area contributed by atoms with E-state index in [1.165, 1.54) is 0 Å². The summed E-state index contributed by atoms with van der Waals surface area (Å²) >= 11 is 0. The lowest BCUT2D eigenvalue weighted by atomic mass is 9.43. The number of carboxylic acids is 1. The van der Waals surface area contributed by atoms with Crippen molar-refractivity contribution in [1.29, 1.82) is 0 Å². The van der Waals surface area contributed by atoms with Gasteiger partial charge >= 0.3 is 5.97 Å². The van der Waals surface area contributed by atoms with Gasteiger partial charge in [0.25, 0.3) is 0 Å². The van der Waals surface area contributed by atoms with Crippen LogP contribution in [0, 0.1) is 46.3 Å². The maximum absolute atomic E-state index is 12.0. The predicted molar refractivity (Wildman–Crippen MR) is 123 cm³/mol. The molecular weight excluding hydrogens is 422 g/mol. The molecule has 4 fully saturated rings. The van der Waals surface area contributed by atoms with E-state index in [-0.39, 0.29) is 65.1 Å². The molecule has 4 aliphatic rings. The van der Waals surface area contributed by atoms with Gasteiger partial charge in [0, 0.05) is 6.42 Å². The molecule has 0 aliphatic heterocycles. The van der Waals surface area contributed by atoms with E-state index in [1.54, 1.807) is 0 Å². The Kier molecular flexibility index (Phi) is 6.89. The molecule has 0 aromatic heterocycles. The highest BCUT2D eigenvalue weighted by molar-refractivity contribution is 5.81. The molecule has 0 saturated heterocycles. The van der Waals surface area contributed by atoms with Crippen LogP contribution in [0.15, 0.2) is 0 Å². The lowest BCUT2D eigenvalue weighted by Gasteiger charge is -2.63. The van der Waals surface area contributed by atoms with Gasteiger partial charge in [0.15, 0.2) is 0 Å². The summed E-state index contributed by atoms with van der Waals surface area (Å²) in [5.41, 5.74) is -0.214. The largest absolute Gasteiger partial charge is 0.480 e. The Morgan fingerprint density at radius 3 is 2.45 bits per heavy atom. The molecule has 5 N–H and O–H groups in total. The van der Waals surface area contributed by atoms with Crippen LogP contribution in [-0.2, 0) is 9.59 Å². The van der Waals surface area contributed by atoms with E-state index < -0.39 is 12.1 Å². The van der Waals surface area contributed by atoms with Crippen LogP contribution in [0.4, 0.5) is 0 Å². The minimum absolute atomic E-state index is 0.0668. The third-order valence-corrected chi connectivity index (χ3v) is 10.8. The highest BCUT2D eigenvalue weighted by Crippen LogP contribution is 2.68. The second-order valence-corrected chi connectivity index (χ2v) is 12.2. The quantitative estimate of drug-likeness (QED) is 0.410. The highest BCUT2D eigenvalue weighted by atomic mass is 16.4. The van der Waals surface area contributed by atoms with Gasteiger partial charge in [-0.25, -0.2) is 0 Å². The number of hydrogen-bond donors (Lipinski definition) is 5. The summed E-state index contributed by atoms with van der Waals surface area (Å²) in [4.78, 5) is 22.7. The van der Waals surface area contributed by atoms with Crippen molar-refractivity contribution in [2.45, 2.75) is 96.9 Å². The summed E-state index contributed by atoms with van der Waals surface area (Å²) in [7, 11) is 0. The third-order valence-electron chi connectivity index (χ3n) is 10.8. The van der Waals surface area contributed by atoms with E-state index in [0.717, 1.165) is 38.5 Å². The fourth-order valence-electron chi connectivity index (χ4n) is 8.95. The average Bonchev–Trinajstić information content (AvgIpc) is 3.11. The highest BCUT2D eigenvalue weighted by Gasteiger charge is 2.65. The summed E-state index contributed by atoms with van der Waals surface area (Å²) in [6.07, 6.45) is 5.86. The van der Waals surface area contributed by atoms with Crippen LogP contribution in [-0.4, -0.2) is 57.2 Å². The monoisotopic (exact) mass is 465 g/mol. The maximum Gasteiger partial charge on any atom is 0.322 e. The Morgan fingerprint density at radius 1 is 1.03 bits per heavy atom. The Balaban J connectivity index is 1.49. The SMILES string of the molecule is C[C@H](CCC(=O)NCC(=O)O)[C@H]1CC[C@H]2[C@@H]3[C@H](O)C[C@H]4C[C@@H](O)CC[C@]4(C)[C@H]3C[C@H](O)[C@]12C. The molecule has 0 radical (unpaired) electrons. The topological polar surface area (TPSA) is 127 Å². The first-order valence-electron chi connectivity index (χ1n) is 13.0. The zero-order chi connectivity index (χ0) is 24.1. The molecule has 0 bridgehead atoms. The van der Waals surface area contributed by atoms with Crippen molar-refractivity contribution in [2.75, 3.05) is 6.54 Å². The fraction of sp³-hybridized carbons (Fsp3) is 0.923. The molecule has 4 aliphatic carbocycles. The lowest BCUT2D eigenvalue weighted by Crippen LogP contribution is -2.62. The summed E-state index contributed by atoms with van der Waals surface area (Å²) in [6.45, 7) is 6.35. The van der Waals surface area contributed by atoms with Crippen LogP contribution >= 0.6 is 0 Å². The number of rotatable bonds is 6. The van der Waals surface area contributed by atoms with Gasteiger partial charge in [-0.3, -0.25) is 9.59 Å². The molecule has 0 heterocycles. The average molecular weight is 466 g/mol. The van der Waals surface area contributed by atoms with E-state index in [4.69, 9.17) is 5.11 Å². The van der Waals surface area contributed by atoms with E-state index in [9.17, 15) is 24.9 Å². The van der Waals surface area contributed by atoms with Crippen LogP contribution in [0.5, 0.6) is 0 Å². The van der Waals surface area contributed by atoms with Crippen LogP contribution in [0.25, 0.3) is 0 Å². The molecule has 33 heavy (non-hydrogen) atoms. The standard InChI is InChI=1S/C26H43NO6/c1-14(4-7-22(31)27-13-23(32)33)17-5-6-18-24-19(12-21(30)26(17,18)3)25(2)9-8-16(28)10-15(25)11-20(24)29/h14-21,24,28-30H,4-13H2,1-3H3,(H,27,31)(H,32,33)/t14-,15-,16+,17-,18+,19+,20-,21+,24+,25+,26-/m1/s1. The number of aliphatic hydroxyl groups is 3. The Labute approximate surface area is 197 Å². The third kappa shape index (κ3) is 4.23. The van der Waals surface area contributed by atoms with Gasteiger partial charge in [0.1, 0.15) is 6.54 Å². The number of aliphatic carboxylic acids is 1. The van der Waals surface area contributed by atoms with E-state index in [1.807, 2.05) is 0 Å². The van der Waals surface area contributed by atoms with Crippen molar-refractivity contribution in [3.63, 3.8) is 0 Å². The normalized spacial score (nSPS) is 47.7. The second-order valence-electron chi connectivity index (χ2n) is 12.2. The van der Waals surface area contributed by atoms with Crippen molar-refractivity contribution >= 4 is 11.9 Å². The number of nitrogens with one attached hydrogen (secondary N) is 1. The Bertz CT molecular complexity index is 759. The fourth-order valence-corrected chi connectivity index (χ4v) is 8.95. The van der Waals surface area contributed by atoms with Crippen LogP contribution in [0.3, 0.4) is 0 Å². The smallest absolute Gasteiger partial charge is 0.322 e. The van der Waals surface area contributed by atoms with Gasteiger partial charge in [-0.05, 0) is 97.7 Å². The molecule has 4 saturated carbocycles. The number of carbonyl (C=O) groups is 2. The summed E-state index contributed by atoms with van der Waals surface area (Å²) in [5.74, 6) is 0.265. The molecule has 7 nitrogen and oxygen atoms in total. The van der Waals surface area contributed by atoms with E-state index in [0.29, 0.717) is 25.2 Å². The molecule has 4 rings (SSSR count). The number of hydrogen-bond acceptors (Lipinski definition) is 5. The zero-order valence-corrected chi connectivity index (χ0v) is 20.4.